The highest BCUT2D eigenvalue weighted by Gasteiger charge is 2.44. The number of hydrogen-bond donors (Lipinski definition) is 4. The lowest BCUT2D eigenvalue weighted by Crippen LogP contribution is -2.59. The maximum atomic E-state index is 12.7. The van der Waals surface area contributed by atoms with Gasteiger partial charge in [-0.05, 0) is 38.5 Å². The Bertz CT molecular complexity index is 747. The third-order valence-corrected chi connectivity index (χ3v) is 9.18. The van der Waals surface area contributed by atoms with Crippen molar-refractivity contribution >= 4 is 5.97 Å². The van der Waals surface area contributed by atoms with Crippen LogP contribution in [0.2, 0.25) is 0 Å². The molecule has 0 aromatic carbocycles. The van der Waals surface area contributed by atoms with Gasteiger partial charge in [-0.1, -0.05) is 135 Å². The van der Waals surface area contributed by atoms with Crippen LogP contribution in [-0.4, -0.2) is 89.6 Å². The average Bonchev–Trinajstić information content (AvgIpc) is 3.08. The van der Waals surface area contributed by atoms with Crippen molar-refractivity contribution in [2.24, 2.45) is 0 Å². The van der Waals surface area contributed by atoms with E-state index in [2.05, 4.69) is 26.0 Å². The number of rotatable bonds is 33. The van der Waals surface area contributed by atoms with Gasteiger partial charge < -0.3 is 39.4 Å². The van der Waals surface area contributed by atoms with Crippen molar-refractivity contribution in [3.63, 3.8) is 0 Å². The molecule has 9 nitrogen and oxygen atoms in total. The second-order valence-electron chi connectivity index (χ2n) is 13.7. The van der Waals surface area contributed by atoms with Gasteiger partial charge in [0.15, 0.2) is 6.29 Å². The summed E-state index contributed by atoms with van der Waals surface area (Å²) in [5.41, 5.74) is 0. The predicted molar refractivity (Wildman–Crippen MR) is 192 cm³/mol. The third kappa shape index (κ3) is 23.4. The monoisotopic (exact) mass is 687 g/mol. The summed E-state index contributed by atoms with van der Waals surface area (Å²) in [6, 6.07) is 0. The number of allylic oxidation sites excluding steroid dienone is 2. The Hall–Kier alpha value is -1.07. The van der Waals surface area contributed by atoms with Crippen LogP contribution in [0.25, 0.3) is 0 Å². The molecule has 1 fully saturated rings. The molecule has 0 amide bonds. The van der Waals surface area contributed by atoms with Crippen LogP contribution in [-0.2, 0) is 23.7 Å². The van der Waals surface area contributed by atoms with E-state index in [9.17, 15) is 25.2 Å². The van der Waals surface area contributed by atoms with Crippen molar-refractivity contribution in [2.45, 2.75) is 205 Å². The van der Waals surface area contributed by atoms with E-state index in [1.165, 1.54) is 103 Å². The molecular weight excluding hydrogens is 612 g/mol. The summed E-state index contributed by atoms with van der Waals surface area (Å²) in [5.74, 6) is -0.322. The fraction of sp³-hybridized carbons (Fsp3) is 0.923. The molecule has 1 saturated heterocycles. The third-order valence-electron chi connectivity index (χ3n) is 9.18. The van der Waals surface area contributed by atoms with E-state index < -0.39 is 43.4 Å². The van der Waals surface area contributed by atoms with Crippen LogP contribution in [0.1, 0.15) is 168 Å². The normalized spacial score (nSPS) is 22.0. The molecule has 0 aromatic rings. The van der Waals surface area contributed by atoms with Gasteiger partial charge >= 0.3 is 5.97 Å². The van der Waals surface area contributed by atoms with Gasteiger partial charge in [-0.3, -0.25) is 4.79 Å². The number of carbonyl (C=O) groups is 1. The van der Waals surface area contributed by atoms with E-state index in [1.54, 1.807) is 0 Å². The molecule has 9 heteroatoms. The zero-order valence-corrected chi connectivity index (χ0v) is 30.7. The summed E-state index contributed by atoms with van der Waals surface area (Å²) in [6.45, 7) is 4.53. The summed E-state index contributed by atoms with van der Waals surface area (Å²) in [7, 11) is 0. The smallest absolute Gasteiger partial charge is 0.306 e. The van der Waals surface area contributed by atoms with Crippen molar-refractivity contribution in [3.05, 3.63) is 12.2 Å². The molecule has 1 rings (SSSR count). The Balaban J connectivity index is 2.30. The number of carbonyl (C=O) groups excluding carboxylic acids is 1. The minimum Gasteiger partial charge on any atom is -0.457 e. The van der Waals surface area contributed by atoms with Crippen LogP contribution in [0.5, 0.6) is 0 Å². The second-order valence-corrected chi connectivity index (χ2v) is 13.7. The van der Waals surface area contributed by atoms with E-state index in [0.717, 1.165) is 44.9 Å². The Morgan fingerprint density at radius 2 is 1.15 bits per heavy atom. The maximum absolute atomic E-state index is 12.7. The minimum atomic E-state index is -1.53. The Kier molecular flexibility index (Phi) is 29.9. The summed E-state index contributed by atoms with van der Waals surface area (Å²) in [4.78, 5) is 12.7. The fourth-order valence-electron chi connectivity index (χ4n) is 6.01. The number of hydrogen-bond acceptors (Lipinski definition) is 9. The van der Waals surface area contributed by atoms with Crippen molar-refractivity contribution in [1.82, 2.24) is 0 Å². The number of ether oxygens (including phenoxy) is 4. The van der Waals surface area contributed by atoms with Crippen LogP contribution in [0.3, 0.4) is 0 Å². The van der Waals surface area contributed by atoms with Crippen LogP contribution in [0.4, 0.5) is 0 Å². The molecule has 1 aliphatic heterocycles. The molecular formula is C39H74O9. The second kappa shape index (κ2) is 31.9. The Morgan fingerprint density at radius 1 is 0.646 bits per heavy atom. The van der Waals surface area contributed by atoms with E-state index in [0.29, 0.717) is 13.0 Å². The van der Waals surface area contributed by atoms with Crippen molar-refractivity contribution in [3.8, 4) is 0 Å². The molecule has 48 heavy (non-hydrogen) atoms. The van der Waals surface area contributed by atoms with Crippen LogP contribution >= 0.6 is 0 Å². The summed E-state index contributed by atoms with van der Waals surface area (Å²) in [6.07, 6.45) is 25.2. The molecule has 0 spiro atoms. The molecule has 0 radical (unpaired) electrons. The Labute approximate surface area is 293 Å². The topological polar surface area (TPSA) is 135 Å². The summed E-state index contributed by atoms with van der Waals surface area (Å²) in [5, 5.41) is 39.9. The van der Waals surface area contributed by atoms with Crippen LogP contribution < -0.4 is 0 Å². The lowest BCUT2D eigenvalue weighted by molar-refractivity contribution is -0.305. The number of aliphatic hydroxyl groups is 4. The highest BCUT2D eigenvalue weighted by Crippen LogP contribution is 2.22. The number of esters is 1. The number of aliphatic hydroxyl groups excluding tert-OH is 4. The zero-order valence-electron chi connectivity index (χ0n) is 30.7. The minimum absolute atomic E-state index is 0.112. The van der Waals surface area contributed by atoms with Crippen LogP contribution in [0.15, 0.2) is 12.2 Å². The summed E-state index contributed by atoms with van der Waals surface area (Å²) >= 11 is 0. The number of unbranched alkanes of at least 4 members (excludes halogenated alkanes) is 20. The first-order valence-electron chi connectivity index (χ1n) is 19.8. The molecule has 6 unspecified atom stereocenters. The van der Waals surface area contributed by atoms with E-state index in [-0.39, 0.29) is 19.2 Å². The summed E-state index contributed by atoms with van der Waals surface area (Å²) < 4.78 is 22.7. The molecule has 1 heterocycles. The SMILES string of the molecule is CCCCCCCCC/C=C\CCCCCCCC(=O)OC(COCCCCCCCCCCC)COC1OC(CO)C(O)C(O)C1O. The van der Waals surface area contributed by atoms with Gasteiger partial charge in [0.05, 0.1) is 19.8 Å². The molecule has 1 aliphatic rings. The first-order chi connectivity index (χ1) is 23.4. The molecule has 284 valence electrons. The molecule has 0 bridgehead atoms. The molecule has 6 atom stereocenters. The molecule has 0 aliphatic carbocycles. The van der Waals surface area contributed by atoms with Gasteiger partial charge in [-0.2, -0.15) is 0 Å². The van der Waals surface area contributed by atoms with Gasteiger partial charge in [0.25, 0.3) is 0 Å². The van der Waals surface area contributed by atoms with E-state index >= 15 is 0 Å². The quantitative estimate of drug-likeness (QED) is 0.0311. The zero-order chi connectivity index (χ0) is 35.1. The molecule has 4 N–H and O–H groups in total. The van der Waals surface area contributed by atoms with Crippen molar-refractivity contribution < 1.29 is 44.2 Å². The van der Waals surface area contributed by atoms with E-state index in [1.807, 2.05) is 0 Å². The highest BCUT2D eigenvalue weighted by atomic mass is 16.7. The van der Waals surface area contributed by atoms with Crippen molar-refractivity contribution in [2.75, 3.05) is 26.4 Å². The standard InChI is InChI=1S/C39H74O9/c1-3-5-7-9-11-13-14-15-16-17-18-19-20-22-24-26-28-35(41)47-33(31-45-29-27-25-23-21-12-10-8-6-4-2)32-46-39-38(44)37(43)36(42)34(30-40)48-39/h16-17,33-34,36-40,42-44H,3-15,18-32H2,1-2H3/b17-16-. The van der Waals surface area contributed by atoms with Crippen molar-refractivity contribution in [1.29, 1.82) is 0 Å². The molecule has 0 saturated carbocycles. The Morgan fingerprint density at radius 3 is 1.69 bits per heavy atom. The predicted octanol–water partition coefficient (Wildman–Crippen LogP) is 7.69. The van der Waals surface area contributed by atoms with Gasteiger partial charge in [0.2, 0.25) is 0 Å². The van der Waals surface area contributed by atoms with Crippen LogP contribution in [0, 0.1) is 0 Å². The average molecular weight is 687 g/mol. The lowest BCUT2D eigenvalue weighted by Gasteiger charge is -2.39. The van der Waals surface area contributed by atoms with Gasteiger partial charge in [0, 0.05) is 13.0 Å². The lowest BCUT2D eigenvalue weighted by atomic mass is 9.99. The maximum Gasteiger partial charge on any atom is 0.306 e. The largest absolute Gasteiger partial charge is 0.457 e. The molecule has 0 aromatic heterocycles. The highest BCUT2D eigenvalue weighted by molar-refractivity contribution is 5.69. The fourth-order valence-corrected chi connectivity index (χ4v) is 6.01. The van der Waals surface area contributed by atoms with E-state index in [4.69, 9.17) is 18.9 Å². The first kappa shape index (κ1) is 45.0. The van der Waals surface area contributed by atoms with Gasteiger partial charge in [0.1, 0.15) is 30.5 Å². The van der Waals surface area contributed by atoms with Gasteiger partial charge in [-0.25, -0.2) is 0 Å². The first-order valence-corrected chi connectivity index (χ1v) is 19.8. The van der Waals surface area contributed by atoms with Gasteiger partial charge in [-0.15, -0.1) is 0 Å².